The zero-order chi connectivity index (χ0) is 41.5. The smallest absolute Gasteiger partial charge is 0.317 e. The summed E-state index contributed by atoms with van der Waals surface area (Å²) in [5.74, 6) is -1.39. The second kappa shape index (κ2) is 16.6. The van der Waals surface area contributed by atoms with Crippen LogP contribution in [-0.2, 0) is 32.0 Å². The van der Waals surface area contributed by atoms with Crippen LogP contribution in [0.3, 0.4) is 0 Å². The van der Waals surface area contributed by atoms with Gasteiger partial charge in [0.05, 0.1) is 19.2 Å². The number of rotatable bonds is 14. The number of hydrogen-bond acceptors (Lipinski definition) is 16. The van der Waals surface area contributed by atoms with E-state index in [1.54, 1.807) is 24.4 Å². The van der Waals surface area contributed by atoms with Gasteiger partial charge in [0.1, 0.15) is 79.5 Å². The summed E-state index contributed by atoms with van der Waals surface area (Å²) >= 11 is 0. The van der Waals surface area contributed by atoms with Gasteiger partial charge in [0.15, 0.2) is 24.4 Å². The van der Waals surface area contributed by atoms with E-state index in [0.29, 0.717) is 42.5 Å². The average molecular weight is 818 g/mol. The number of nitrogens with zero attached hydrogens (tertiary/aromatic N) is 1. The SMILES string of the molecule is COc1c(OCO)ccc2c1OC1c3c(C[NH+]4C=C5N=CC=C5C4)cc(OC4OC(C(OC(=O)CC(=O)O)C(N)N)C(O)C(O)C4O)cc3OC(Cc3ccccc3)C21. The maximum atomic E-state index is 12.3. The van der Waals surface area contributed by atoms with Crippen molar-refractivity contribution in [3.8, 4) is 28.7 Å². The van der Waals surface area contributed by atoms with Gasteiger partial charge in [-0.25, -0.2) is 0 Å². The standard InChI is InChI=1S/C41H44N4O14/c1-53-36-25(54-18-46)8-7-23-31-26(11-19-5-3-2-4-6-19)56-27-13-22(12-21(30(27)37(31)58-35(23)36)16-45-15-20-9-10-44-24(20)17-45)55-41-34(52)32(50)33(51)38(59-41)39(40(42)43)57-29(49)14-28(47)48/h2-10,12-13,17,26,31-34,37-41,46,50-52H,11,14-16,18,42-43H2,1H3,(H,47,48)/p+1. The second-order valence-electron chi connectivity index (χ2n) is 14.9. The third-order valence-corrected chi connectivity index (χ3v) is 11.0. The highest BCUT2D eigenvalue weighted by molar-refractivity contribution is 5.90. The van der Waals surface area contributed by atoms with E-state index in [-0.39, 0.29) is 11.7 Å². The molecule has 3 aromatic carbocycles. The fraction of sp³-hybridized carbons (Fsp3) is 0.390. The predicted octanol–water partition coefficient (Wildman–Crippen LogP) is -0.688. The van der Waals surface area contributed by atoms with Crippen molar-refractivity contribution in [2.45, 2.75) is 80.5 Å². The first-order chi connectivity index (χ1) is 28.4. The van der Waals surface area contributed by atoms with Crippen molar-refractivity contribution in [2.75, 3.05) is 20.4 Å². The monoisotopic (exact) mass is 817 g/mol. The number of hydrogen-bond donors (Lipinski definition) is 8. The minimum absolute atomic E-state index is 0.147. The topological polar surface area (TPSA) is 269 Å². The van der Waals surface area contributed by atoms with Crippen molar-refractivity contribution in [1.29, 1.82) is 0 Å². The predicted molar refractivity (Wildman–Crippen MR) is 204 cm³/mol. The Morgan fingerprint density at radius 3 is 2.54 bits per heavy atom. The van der Waals surface area contributed by atoms with Gasteiger partial charge in [0.25, 0.3) is 0 Å². The molecule has 0 bridgehead atoms. The molecule has 0 amide bonds. The number of allylic oxidation sites excluding steroid dienone is 1. The number of carbonyl (C=O) groups is 2. The third-order valence-electron chi connectivity index (χ3n) is 11.0. The Kier molecular flexibility index (Phi) is 11.3. The zero-order valence-corrected chi connectivity index (χ0v) is 31.7. The maximum Gasteiger partial charge on any atom is 0.317 e. The molecule has 8 rings (SSSR count). The van der Waals surface area contributed by atoms with E-state index in [9.17, 15) is 30.0 Å². The highest BCUT2D eigenvalue weighted by atomic mass is 16.7. The maximum absolute atomic E-state index is 12.3. The molecule has 5 heterocycles. The van der Waals surface area contributed by atoms with Crippen molar-refractivity contribution < 1.29 is 73.2 Å². The fourth-order valence-corrected chi connectivity index (χ4v) is 8.42. The van der Waals surface area contributed by atoms with Crippen LogP contribution in [0.1, 0.15) is 40.7 Å². The van der Waals surface area contributed by atoms with E-state index in [4.69, 9.17) is 49.7 Å². The Morgan fingerprint density at radius 1 is 1.03 bits per heavy atom. The number of carboxylic acid groups (broad SMARTS) is 1. The van der Waals surface area contributed by atoms with Crippen LogP contribution in [0.5, 0.6) is 28.7 Å². The number of esters is 1. The van der Waals surface area contributed by atoms with Gasteiger partial charge in [0.2, 0.25) is 12.0 Å². The van der Waals surface area contributed by atoms with E-state index < -0.39 is 80.3 Å². The van der Waals surface area contributed by atoms with E-state index in [1.165, 1.54) is 7.11 Å². The van der Waals surface area contributed by atoms with Gasteiger partial charge >= 0.3 is 11.9 Å². The first kappa shape index (κ1) is 40.2. The molecule has 0 aliphatic carbocycles. The molecule has 0 radical (unpaired) electrons. The first-order valence-corrected chi connectivity index (χ1v) is 19.0. The molecule has 1 fully saturated rings. The van der Waals surface area contributed by atoms with Gasteiger partial charge in [-0.2, -0.15) is 0 Å². The summed E-state index contributed by atoms with van der Waals surface area (Å²) in [7, 11) is 1.50. The first-order valence-electron chi connectivity index (χ1n) is 19.0. The lowest BCUT2D eigenvalue weighted by atomic mass is 9.80. The highest BCUT2D eigenvalue weighted by Crippen LogP contribution is 2.59. The minimum atomic E-state index is -1.89. The van der Waals surface area contributed by atoms with Gasteiger partial charge in [-0.1, -0.05) is 36.4 Å². The largest absolute Gasteiger partial charge is 0.490 e. The number of methoxy groups -OCH3 is 1. The number of benzene rings is 3. The van der Waals surface area contributed by atoms with Gasteiger partial charge < -0.3 is 70.2 Å². The molecule has 59 heavy (non-hydrogen) atoms. The number of quaternary nitrogens is 1. The summed E-state index contributed by atoms with van der Waals surface area (Å²) in [5, 5.41) is 51.7. The highest BCUT2D eigenvalue weighted by Gasteiger charge is 2.52. The number of nitrogens with one attached hydrogen (secondary N) is 1. The molecule has 18 nitrogen and oxygen atoms in total. The van der Waals surface area contributed by atoms with Gasteiger partial charge in [-0.3, -0.25) is 19.5 Å². The summed E-state index contributed by atoms with van der Waals surface area (Å²) in [6.45, 7) is 0.482. The fourth-order valence-electron chi connectivity index (χ4n) is 8.42. The summed E-state index contributed by atoms with van der Waals surface area (Å²) < 4.78 is 42.4. The average Bonchev–Trinajstić information content (AvgIpc) is 3.92. The third kappa shape index (κ3) is 7.84. The Hall–Kier alpha value is -5.57. The molecule has 18 heteroatoms. The van der Waals surface area contributed by atoms with Gasteiger partial charge in [-0.15, -0.1) is 0 Å². The summed E-state index contributed by atoms with van der Waals surface area (Å²) in [4.78, 5) is 29.0. The number of aliphatic imine (C=N–C) groups is 1. The number of carboxylic acids is 1. The van der Waals surface area contributed by atoms with E-state index in [1.807, 2.05) is 48.7 Å². The van der Waals surface area contributed by atoms with Crippen LogP contribution in [0.25, 0.3) is 0 Å². The van der Waals surface area contributed by atoms with Crippen LogP contribution >= 0.6 is 0 Å². The molecule has 0 aromatic heterocycles. The van der Waals surface area contributed by atoms with Gasteiger partial charge in [-0.05, 0) is 23.8 Å². The number of ether oxygens (including phenoxy) is 7. The molecule has 1 saturated heterocycles. The van der Waals surface area contributed by atoms with Crippen molar-refractivity contribution in [3.63, 3.8) is 0 Å². The van der Waals surface area contributed by atoms with Crippen molar-refractivity contribution >= 4 is 18.2 Å². The summed E-state index contributed by atoms with van der Waals surface area (Å²) in [5.41, 5.74) is 17.0. The number of aliphatic carboxylic acids is 1. The van der Waals surface area contributed by atoms with Crippen LogP contribution in [0.4, 0.5) is 0 Å². The second-order valence-corrected chi connectivity index (χ2v) is 14.9. The van der Waals surface area contributed by atoms with Crippen LogP contribution in [0.15, 0.2) is 83.1 Å². The number of fused-ring (bicyclic) bond motifs is 6. The number of aliphatic hydroxyl groups excluding tert-OH is 4. The molecule has 312 valence electrons. The summed E-state index contributed by atoms with van der Waals surface area (Å²) in [6, 6.07) is 16.8. The number of aliphatic hydroxyl groups is 4. The lowest BCUT2D eigenvalue weighted by Crippen LogP contribution is -3.04. The van der Waals surface area contributed by atoms with Crippen molar-refractivity contribution in [2.24, 2.45) is 16.5 Å². The zero-order valence-electron chi connectivity index (χ0n) is 31.7. The lowest BCUT2D eigenvalue weighted by Gasteiger charge is -2.43. The summed E-state index contributed by atoms with van der Waals surface area (Å²) in [6.07, 6.45) is -7.93. The molecule has 0 saturated carbocycles. The number of carbonyl (C=O) groups excluding carboxylic acids is 1. The Morgan fingerprint density at radius 2 is 1.83 bits per heavy atom. The Balaban J connectivity index is 1.19. The quantitative estimate of drug-likeness (QED) is 0.0569. The molecule has 3 aromatic rings. The number of nitrogens with two attached hydrogens (primary N) is 2. The minimum Gasteiger partial charge on any atom is -0.490 e. The molecule has 10 atom stereocenters. The molecule has 5 aliphatic heterocycles. The van der Waals surface area contributed by atoms with Crippen LogP contribution < -0.4 is 40.1 Å². The van der Waals surface area contributed by atoms with Gasteiger partial charge in [0, 0.05) is 41.0 Å². The normalized spacial score (nSPS) is 27.9. The van der Waals surface area contributed by atoms with E-state index in [2.05, 4.69) is 4.99 Å². The Labute approximate surface area is 337 Å². The van der Waals surface area contributed by atoms with Crippen molar-refractivity contribution in [3.05, 3.63) is 100 Å². The Bertz CT molecular complexity index is 2180. The van der Waals surface area contributed by atoms with Crippen LogP contribution in [0, 0.1) is 0 Å². The molecule has 0 spiro atoms. The molecule has 10 N–H and O–H groups in total. The molecule has 10 unspecified atom stereocenters. The molecule has 5 aliphatic rings. The van der Waals surface area contributed by atoms with Crippen LogP contribution in [0.2, 0.25) is 0 Å². The molecular formula is C41H45N4O14+. The van der Waals surface area contributed by atoms with E-state index >= 15 is 0 Å². The lowest BCUT2D eigenvalue weighted by molar-refractivity contribution is -0.851. The van der Waals surface area contributed by atoms with E-state index in [0.717, 1.165) is 38.4 Å². The van der Waals surface area contributed by atoms with Crippen molar-refractivity contribution in [1.82, 2.24) is 0 Å². The molecular weight excluding hydrogens is 772 g/mol. The van der Waals surface area contributed by atoms with Crippen LogP contribution in [-0.4, -0.2) is 113 Å².